The molecular formula is C9H10ClF4N. The van der Waals surface area contributed by atoms with E-state index in [0.29, 0.717) is 0 Å². The highest BCUT2D eigenvalue weighted by Gasteiger charge is 2.38. The first-order valence-electron chi connectivity index (χ1n) is 3.90. The smallest absolute Gasteiger partial charge is 0.316 e. The second kappa shape index (κ2) is 4.81. The minimum absolute atomic E-state index is 0. The number of hydrogen-bond donors (Lipinski definition) is 1. The molecule has 0 radical (unpaired) electrons. The molecule has 2 N–H and O–H groups in total. The Kier molecular flexibility index (Phi) is 4.55. The van der Waals surface area contributed by atoms with Gasteiger partial charge in [-0.15, -0.1) is 12.4 Å². The van der Waals surface area contributed by atoms with Crippen LogP contribution in [0.3, 0.4) is 0 Å². The van der Waals surface area contributed by atoms with Crippen LogP contribution in [0, 0.1) is 12.7 Å². The van der Waals surface area contributed by atoms with E-state index in [1.807, 2.05) is 0 Å². The number of halogens is 5. The van der Waals surface area contributed by atoms with Gasteiger partial charge in [0.1, 0.15) is 11.9 Å². The Morgan fingerprint density at radius 2 is 1.80 bits per heavy atom. The molecule has 86 valence electrons. The molecule has 0 saturated heterocycles. The Balaban J connectivity index is 0.00000196. The first kappa shape index (κ1) is 14.2. The average molecular weight is 244 g/mol. The van der Waals surface area contributed by atoms with Crippen molar-refractivity contribution in [2.75, 3.05) is 0 Å². The molecule has 0 spiro atoms. The first-order chi connectivity index (χ1) is 6.32. The van der Waals surface area contributed by atoms with E-state index in [0.717, 1.165) is 18.2 Å². The van der Waals surface area contributed by atoms with Crippen molar-refractivity contribution >= 4 is 12.4 Å². The van der Waals surface area contributed by atoms with Gasteiger partial charge in [-0.2, -0.15) is 13.2 Å². The maximum absolute atomic E-state index is 12.6. The van der Waals surface area contributed by atoms with Crippen molar-refractivity contribution in [3.05, 3.63) is 35.1 Å². The average Bonchev–Trinajstić information content (AvgIpc) is 2.01. The van der Waals surface area contributed by atoms with Crippen LogP contribution >= 0.6 is 12.4 Å². The Morgan fingerprint density at radius 3 is 2.20 bits per heavy atom. The molecule has 1 nitrogen and oxygen atoms in total. The number of hydrogen-bond acceptors (Lipinski definition) is 1. The molecule has 0 unspecified atom stereocenters. The van der Waals surface area contributed by atoms with Gasteiger partial charge in [0.15, 0.2) is 0 Å². The minimum atomic E-state index is -4.50. The SMILES string of the molecule is Cc1cc(F)ccc1[C@H](N)C(F)(F)F.Cl. The first-order valence-corrected chi connectivity index (χ1v) is 3.90. The fraction of sp³-hybridized carbons (Fsp3) is 0.333. The Morgan fingerprint density at radius 1 is 1.27 bits per heavy atom. The monoisotopic (exact) mass is 243 g/mol. The van der Waals surface area contributed by atoms with E-state index in [1.165, 1.54) is 6.92 Å². The summed E-state index contributed by atoms with van der Waals surface area (Å²) in [5.41, 5.74) is 5.08. The minimum Gasteiger partial charge on any atom is -0.316 e. The van der Waals surface area contributed by atoms with E-state index < -0.39 is 18.0 Å². The van der Waals surface area contributed by atoms with E-state index in [2.05, 4.69) is 0 Å². The van der Waals surface area contributed by atoms with Crippen molar-refractivity contribution in [3.8, 4) is 0 Å². The summed E-state index contributed by atoms with van der Waals surface area (Å²) < 4.78 is 49.2. The third-order valence-corrected chi connectivity index (χ3v) is 1.92. The van der Waals surface area contributed by atoms with Crippen LogP contribution in [0.4, 0.5) is 17.6 Å². The van der Waals surface area contributed by atoms with Crippen molar-refractivity contribution in [3.63, 3.8) is 0 Å². The van der Waals surface area contributed by atoms with Crippen molar-refractivity contribution in [2.24, 2.45) is 5.73 Å². The summed E-state index contributed by atoms with van der Waals surface area (Å²) in [5, 5.41) is 0. The van der Waals surface area contributed by atoms with Gasteiger partial charge in [-0.05, 0) is 30.2 Å². The zero-order valence-electron chi connectivity index (χ0n) is 7.81. The normalized spacial score (nSPS) is 13.2. The van der Waals surface area contributed by atoms with Crippen molar-refractivity contribution < 1.29 is 17.6 Å². The molecular weight excluding hydrogens is 234 g/mol. The maximum Gasteiger partial charge on any atom is 0.407 e. The maximum atomic E-state index is 12.6. The van der Waals surface area contributed by atoms with Crippen LogP contribution in [0.15, 0.2) is 18.2 Å². The number of rotatable bonds is 1. The Labute approximate surface area is 90.7 Å². The third-order valence-electron chi connectivity index (χ3n) is 1.92. The lowest BCUT2D eigenvalue weighted by atomic mass is 10.0. The zero-order valence-corrected chi connectivity index (χ0v) is 8.62. The summed E-state index contributed by atoms with van der Waals surface area (Å²) in [4.78, 5) is 0. The van der Waals surface area contributed by atoms with Gasteiger partial charge in [0.25, 0.3) is 0 Å². The molecule has 1 rings (SSSR count). The van der Waals surface area contributed by atoms with E-state index in [1.54, 1.807) is 0 Å². The summed E-state index contributed by atoms with van der Waals surface area (Å²) >= 11 is 0. The Hall–Kier alpha value is -0.810. The van der Waals surface area contributed by atoms with Gasteiger partial charge in [-0.25, -0.2) is 4.39 Å². The quantitative estimate of drug-likeness (QED) is 0.754. The molecule has 0 bridgehead atoms. The molecule has 0 aliphatic heterocycles. The predicted octanol–water partition coefficient (Wildman–Crippen LogP) is 3.12. The second-order valence-electron chi connectivity index (χ2n) is 3.02. The topological polar surface area (TPSA) is 26.0 Å². The molecule has 1 aromatic carbocycles. The van der Waals surface area contributed by atoms with Gasteiger partial charge in [-0.1, -0.05) is 6.07 Å². The molecule has 0 aromatic heterocycles. The molecule has 6 heteroatoms. The zero-order chi connectivity index (χ0) is 10.9. The van der Waals surface area contributed by atoms with Crippen LogP contribution in [-0.2, 0) is 0 Å². The molecule has 1 atom stereocenters. The largest absolute Gasteiger partial charge is 0.407 e. The molecule has 15 heavy (non-hydrogen) atoms. The molecule has 0 fully saturated rings. The lowest BCUT2D eigenvalue weighted by molar-refractivity contribution is -0.149. The van der Waals surface area contributed by atoms with Crippen LogP contribution in [-0.4, -0.2) is 6.18 Å². The van der Waals surface area contributed by atoms with Crippen LogP contribution in [0.1, 0.15) is 17.2 Å². The third kappa shape index (κ3) is 3.35. The van der Waals surface area contributed by atoms with Crippen molar-refractivity contribution in [1.82, 2.24) is 0 Å². The van der Waals surface area contributed by atoms with Crippen LogP contribution < -0.4 is 5.73 Å². The summed E-state index contributed by atoms with van der Waals surface area (Å²) in [6.45, 7) is 1.39. The lowest BCUT2D eigenvalue weighted by Crippen LogP contribution is -2.29. The van der Waals surface area contributed by atoms with Gasteiger partial charge in [0, 0.05) is 0 Å². The van der Waals surface area contributed by atoms with Gasteiger partial charge >= 0.3 is 6.18 Å². The highest BCUT2D eigenvalue weighted by Crippen LogP contribution is 2.32. The van der Waals surface area contributed by atoms with Gasteiger partial charge < -0.3 is 5.73 Å². The molecule has 1 aromatic rings. The van der Waals surface area contributed by atoms with Crippen LogP contribution in [0.25, 0.3) is 0 Å². The molecule has 0 aliphatic rings. The van der Waals surface area contributed by atoms with E-state index >= 15 is 0 Å². The van der Waals surface area contributed by atoms with E-state index in [9.17, 15) is 17.6 Å². The summed E-state index contributed by atoms with van der Waals surface area (Å²) in [7, 11) is 0. The predicted molar refractivity (Wildman–Crippen MR) is 51.4 cm³/mol. The number of nitrogens with two attached hydrogens (primary N) is 1. The standard InChI is InChI=1S/C9H9F4N.ClH/c1-5-4-6(10)2-3-7(5)8(14)9(11,12)13;/h2-4,8H,14H2,1H3;1H/t8-;/m0./s1. The molecule has 0 heterocycles. The van der Waals surface area contributed by atoms with Crippen LogP contribution in [0.2, 0.25) is 0 Å². The fourth-order valence-electron chi connectivity index (χ4n) is 1.16. The fourth-order valence-corrected chi connectivity index (χ4v) is 1.16. The summed E-state index contributed by atoms with van der Waals surface area (Å²) in [6, 6.07) is 1.00. The Bertz CT molecular complexity index is 337. The number of aryl methyl sites for hydroxylation is 1. The van der Waals surface area contributed by atoms with E-state index in [4.69, 9.17) is 5.73 Å². The van der Waals surface area contributed by atoms with Crippen molar-refractivity contribution in [1.29, 1.82) is 0 Å². The highest BCUT2D eigenvalue weighted by atomic mass is 35.5. The second-order valence-corrected chi connectivity index (χ2v) is 3.02. The summed E-state index contributed by atoms with van der Waals surface area (Å²) in [5.74, 6) is -0.569. The van der Waals surface area contributed by atoms with Gasteiger partial charge in [0.2, 0.25) is 0 Å². The summed E-state index contributed by atoms with van der Waals surface area (Å²) in [6.07, 6.45) is -4.50. The van der Waals surface area contributed by atoms with Gasteiger partial charge in [-0.3, -0.25) is 0 Å². The number of benzene rings is 1. The highest BCUT2D eigenvalue weighted by molar-refractivity contribution is 5.85. The van der Waals surface area contributed by atoms with Crippen LogP contribution in [0.5, 0.6) is 0 Å². The van der Waals surface area contributed by atoms with E-state index in [-0.39, 0.29) is 23.5 Å². The van der Waals surface area contributed by atoms with Gasteiger partial charge in [0.05, 0.1) is 0 Å². The van der Waals surface area contributed by atoms with Crippen molar-refractivity contribution in [2.45, 2.75) is 19.1 Å². The lowest BCUT2D eigenvalue weighted by Gasteiger charge is -2.17. The molecule has 0 amide bonds. The number of alkyl halides is 3. The molecule has 0 saturated carbocycles. The molecule has 0 aliphatic carbocycles.